The molecule has 31 heavy (non-hydrogen) atoms. The second-order valence-corrected chi connectivity index (χ2v) is 9.88. The smallest absolute Gasteiger partial charge is 0.333 e. The van der Waals surface area contributed by atoms with Crippen LogP contribution in [-0.4, -0.2) is 17.5 Å². The van der Waals surface area contributed by atoms with Gasteiger partial charge in [-0.1, -0.05) is 36.4 Å². The van der Waals surface area contributed by atoms with Crippen molar-refractivity contribution in [2.75, 3.05) is 0 Å². The van der Waals surface area contributed by atoms with E-state index in [0.717, 1.165) is 48.1 Å². The van der Waals surface area contributed by atoms with Crippen LogP contribution >= 0.6 is 0 Å². The first-order valence-corrected chi connectivity index (χ1v) is 11.3. The zero-order chi connectivity index (χ0) is 21.0. The van der Waals surface area contributed by atoms with Gasteiger partial charge in [-0.05, 0) is 68.4 Å². The highest BCUT2D eigenvalue weighted by Gasteiger charge is 2.51. The van der Waals surface area contributed by atoms with E-state index in [1.165, 1.54) is 19.3 Å². The van der Waals surface area contributed by atoms with Crippen molar-refractivity contribution in [3.8, 4) is 11.5 Å². The summed E-state index contributed by atoms with van der Waals surface area (Å²) >= 11 is 0. The van der Waals surface area contributed by atoms with Crippen molar-refractivity contribution < 1.29 is 14.3 Å². The monoisotopic (exact) mass is 417 g/mol. The third-order valence-electron chi connectivity index (χ3n) is 7.66. The highest BCUT2D eigenvalue weighted by atomic mass is 16.5. The van der Waals surface area contributed by atoms with Gasteiger partial charge in [0.25, 0.3) is 5.91 Å². The molecule has 2 aromatic carbocycles. The Balaban J connectivity index is 1.16. The van der Waals surface area contributed by atoms with E-state index in [1.54, 1.807) is 0 Å². The maximum absolute atomic E-state index is 13.2. The van der Waals surface area contributed by atoms with Gasteiger partial charge in [0, 0.05) is 16.7 Å². The Hall–Kier alpha value is -3.02. The molecular weight excluding hydrogens is 390 g/mol. The summed E-state index contributed by atoms with van der Waals surface area (Å²) in [6.07, 6.45) is 7.18. The van der Waals surface area contributed by atoms with Crippen LogP contribution in [0.2, 0.25) is 0 Å². The van der Waals surface area contributed by atoms with Crippen LogP contribution in [0.5, 0.6) is 11.5 Å². The highest BCUT2D eigenvalue weighted by molar-refractivity contribution is 5.91. The molecule has 3 N–H and O–H groups in total. The number of amides is 3. The predicted molar refractivity (Wildman–Crippen MR) is 116 cm³/mol. The average molecular weight is 418 g/mol. The number of ether oxygens (including phenoxy) is 1. The van der Waals surface area contributed by atoms with Gasteiger partial charge in [0.2, 0.25) is 0 Å². The Labute approximate surface area is 181 Å². The third-order valence-corrected chi connectivity index (χ3v) is 7.66. The third kappa shape index (κ3) is 3.25. The lowest BCUT2D eigenvalue weighted by Crippen LogP contribution is -2.63. The number of para-hydroxylation sites is 2. The molecule has 0 atom stereocenters. The van der Waals surface area contributed by atoms with Crippen molar-refractivity contribution in [1.29, 1.82) is 0 Å². The Morgan fingerprint density at radius 3 is 1.84 bits per heavy atom. The Bertz CT molecular complexity index is 969. The number of hydrogen-bond acceptors (Lipinski definition) is 3. The molecule has 0 saturated heterocycles. The van der Waals surface area contributed by atoms with Gasteiger partial charge in [-0.3, -0.25) is 10.2 Å². The van der Waals surface area contributed by atoms with Crippen molar-refractivity contribution in [1.82, 2.24) is 16.2 Å². The number of rotatable bonds is 2. The first-order valence-electron chi connectivity index (χ1n) is 11.3. The maximum atomic E-state index is 13.2. The molecule has 6 heteroatoms. The normalized spacial score (nSPS) is 30.0. The van der Waals surface area contributed by atoms with Crippen LogP contribution in [-0.2, 0) is 4.79 Å². The minimum absolute atomic E-state index is 0.0958. The van der Waals surface area contributed by atoms with Crippen LogP contribution in [0, 0.1) is 17.8 Å². The fourth-order valence-corrected chi connectivity index (χ4v) is 6.92. The van der Waals surface area contributed by atoms with Gasteiger partial charge in [-0.25, -0.2) is 10.2 Å². The zero-order valence-electron chi connectivity index (χ0n) is 17.4. The second kappa shape index (κ2) is 7.01. The van der Waals surface area contributed by atoms with Crippen LogP contribution < -0.4 is 20.9 Å². The largest absolute Gasteiger partial charge is 0.457 e. The SMILES string of the molecule is O=C(NNC(=O)C1c2ccccc2Oc2ccccc21)NC12CC3CC(CC(C3)C1)C2. The number of benzene rings is 2. The van der Waals surface area contributed by atoms with Crippen LogP contribution in [0.4, 0.5) is 4.79 Å². The van der Waals surface area contributed by atoms with E-state index in [2.05, 4.69) is 16.2 Å². The van der Waals surface area contributed by atoms with Crippen molar-refractivity contribution >= 4 is 11.9 Å². The first-order chi connectivity index (χ1) is 15.1. The molecule has 4 saturated carbocycles. The van der Waals surface area contributed by atoms with Crippen molar-refractivity contribution in [3.63, 3.8) is 0 Å². The summed E-state index contributed by atoms with van der Waals surface area (Å²) in [5.41, 5.74) is 6.78. The quantitative estimate of drug-likeness (QED) is 0.640. The van der Waals surface area contributed by atoms with Crippen LogP contribution in [0.15, 0.2) is 48.5 Å². The van der Waals surface area contributed by atoms with E-state index in [0.29, 0.717) is 11.5 Å². The number of hydrogen-bond donors (Lipinski definition) is 3. The fourth-order valence-electron chi connectivity index (χ4n) is 6.92. The zero-order valence-corrected chi connectivity index (χ0v) is 17.4. The summed E-state index contributed by atoms with van der Waals surface area (Å²) in [7, 11) is 0. The van der Waals surface area contributed by atoms with Crippen molar-refractivity contribution in [3.05, 3.63) is 59.7 Å². The topological polar surface area (TPSA) is 79.5 Å². The molecule has 0 radical (unpaired) electrons. The van der Waals surface area contributed by atoms with E-state index in [1.807, 2.05) is 48.5 Å². The number of fused-ring (bicyclic) bond motifs is 2. The molecule has 6 nitrogen and oxygen atoms in total. The molecule has 0 aromatic heterocycles. The number of urea groups is 1. The van der Waals surface area contributed by atoms with Crippen LogP contribution in [0.1, 0.15) is 55.6 Å². The molecule has 1 heterocycles. The van der Waals surface area contributed by atoms with Gasteiger partial charge in [0.05, 0.1) is 5.92 Å². The van der Waals surface area contributed by atoms with Crippen LogP contribution in [0.25, 0.3) is 0 Å². The standard InChI is InChI=1S/C25H27N3O3/c29-23(22-18-5-1-3-7-20(18)31-21-8-4-2-6-19(21)22)27-28-24(30)26-25-12-15-9-16(13-25)11-17(10-15)14-25/h1-8,15-17,22H,9-14H2,(H,27,29)(H2,26,28,30). The van der Waals surface area contributed by atoms with Crippen LogP contribution in [0.3, 0.4) is 0 Å². The molecule has 2 aromatic rings. The molecule has 1 aliphatic heterocycles. The number of hydrazine groups is 1. The molecule has 4 bridgehead atoms. The molecule has 4 aliphatic carbocycles. The number of nitrogens with one attached hydrogen (secondary N) is 3. The minimum Gasteiger partial charge on any atom is -0.457 e. The second-order valence-electron chi connectivity index (χ2n) is 9.88. The lowest BCUT2D eigenvalue weighted by atomic mass is 9.53. The Morgan fingerprint density at radius 1 is 0.774 bits per heavy atom. The fraction of sp³-hybridized carbons (Fsp3) is 0.440. The Kier molecular flexibility index (Phi) is 4.23. The van der Waals surface area contributed by atoms with Gasteiger partial charge < -0.3 is 10.1 Å². The van der Waals surface area contributed by atoms with Gasteiger partial charge in [0.15, 0.2) is 0 Å². The van der Waals surface area contributed by atoms with E-state index in [-0.39, 0.29) is 17.5 Å². The molecule has 7 rings (SSSR count). The molecule has 160 valence electrons. The first kappa shape index (κ1) is 18.7. The lowest BCUT2D eigenvalue weighted by Gasteiger charge is -2.56. The molecule has 0 spiro atoms. The van der Waals surface area contributed by atoms with E-state index < -0.39 is 5.92 Å². The van der Waals surface area contributed by atoms with Crippen molar-refractivity contribution in [2.24, 2.45) is 17.8 Å². The molecular formula is C25H27N3O3. The lowest BCUT2D eigenvalue weighted by molar-refractivity contribution is -0.122. The molecule has 5 aliphatic rings. The van der Waals surface area contributed by atoms with E-state index >= 15 is 0 Å². The summed E-state index contributed by atoms with van der Waals surface area (Å²) in [5.74, 6) is 2.76. The maximum Gasteiger partial charge on any atom is 0.333 e. The predicted octanol–water partition coefficient (Wildman–Crippen LogP) is 4.22. The van der Waals surface area contributed by atoms with Gasteiger partial charge >= 0.3 is 6.03 Å². The van der Waals surface area contributed by atoms with E-state index in [4.69, 9.17) is 4.74 Å². The summed E-state index contributed by atoms with van der Waals surface area (Å²) < 4.78 is 5.96. The van der Waals surface area contributed by atoms with Gasteiger partial charge in [-0.15, -0.1) is 0 Å². The van der Waals surface area contributed by atoms with Crippen molar-refractivity contribution in [2.45, 2.75) is 50.0 Å². The summed E-state index contributed by atoms with van der Waals surface area (Å²) in [5, 5.41) is 3.23. The highest BCUT2D eigenvalue weighted by Crippen LogP contribution is 2.55. The number of carbonyl (C=O) groups is 2. The minimum atomic E-state index is -0.541. The molecule has 3 amide bonds. The average Bonchev–Trinajstić information content (AvgIpc) is 2.74. The Morgan fingerprint density at radius 2 is 1.29 bits per heavy atom. The number of carbonyl (C=O) groups excluding carboxylic acids is 2. The summed E-state index contributed by atoms with van der Waals surface area (Å²) in [6, 6.07) is 14.8. The molecule has 0 unspecified atom stereocenters. The summed E-state index contributed by atoms with van der Waals surface area (Å²) in [6.45, 7) is 0. The van der Waals surface area contributed by atoms with Gasteiger partial charge in [-0.2, -0.15) is 0 Å². The molecule has 4 fully saturated rings. The van der Waals surface area contributed by atoms with E-state index in [9.17, 15) is 9.59 Å². The van der Waals surface area contributed by atoms with Gasteiger partial charge in [0.1, 0.15) is 11.5 Å². The summed E-state index contributed by atoms with van der Waals surface area (Å²) in [4.78, 5) is 25.9.